The Labute approximate surface area is 119 Å². The maximum Gasteiger partial charge on any atom is 0.311 e. The highest BCUT2D eigenvalue weighted by atomic mass is 16.5. The Hall–Kier alpha value is -2.14. The van der Waals surface area contributed by atoms with E-state index >= 15 is 0 Å². The zero-order valence-corrected chi connectivity index (χ0v) is 11.5. The van der Waals surface area contributed by atoms with Crippen molar-refractivity contribution in [3.05, 3.63) is 35.9 Å². The molecule has 108 valence electrons. The fourth-order valence-electron chi connectivity index (χ4n) is 1.61. The third-order valence-corrected chi connectivity index (χ3v) is 2.65. The van der Waals surface area contributed by atoms with E-state index in [1.165, 1.54) is 6.08 Å². The Kier molecular flexibility index (Phi) is 7.06. The quantitative estimate of drug-likeness (QED) is 0.222. The number of esters is 1. The van der Waals surface area contributed by atoms with Crippen molar-refractivity contribution in [1.29, 1.82) is 5.41 Å². The maximum atomic E-state index is 11.6. The van der Waals surface area contributed by atoms with Crippen molar-refractivity contribution in [2.45, 2.75) is 25.7 Å². The summed E-state index contributed by atoms with van der Waals surface area (Å²) < 4.78 is 5.21. The molecule has 5 N–H and O–H groups in total. The fraction of sp³-hybridized carbons (Fsp3) is 0.333. The standard InChI is InChI=1S/C15H21N3O2/c16-11-3-1-2-4-15(19)20-13-8-5-12(6-9-13)7-10-14(17)18/h5-10H,1-4,11,16H2,(H3,17,18). The van der Waals surface area contributed by atoms with Crippen molar-refractivity contribution in [3.8, 4) is 5.75 Å². The molecule has 0 saturated heterocycles. The van der Waals surface area contributed by atoms with Gasteiger partial charge in [-0.05, 0) is 43.2 Å². The number of carbonyl (C=O) groups excluding carboxylic acids is 1. The largest absolute Gasteiger partial charge is 0.427 e. The van der Waals surface area contributed by atoms with Crippen molar-refractivity contribution < 1.29 is 9.53 Å². The van der Waals surface area contributed by atoms with Crippen LogP contribution in [0.15, 0.2) is 30.3 Å². The molecule has 0 heterocycles. The number of benzene rings is 1. The average molecular weight is 275 g/mol. The highest BCUT2D eigenvalue weighted by molar-refractivity contribution is 5.92. The molecular weight excluding hydrogens is 254 g/mol. The molecule has 0 aliphatic carbocycles. The molecule has 0 spiro atoms. The second kappa shape index (κ2) is 8.87. The van der Waals surface area contributed by atoms with Crippen LogP contribution in [-0.2, 0) is 4.79 Å². The molecule has 5 nitrogen and oxygen atoms in total. The van der Waals surface area contributed by atoms with Crippen LogP contribution >= 0.6 is 0 Å². The normalized spacial score (nSPS) is 10.7. The predicted molar refractivity (Wildman–Crippen MR) is 80.5 cm³/mol. The highest BCUT2D eigenvalue weighted by Crippen LogP contribution is 2.14. The molecule has 1 aromatic rings. The second-order valence-corrected chi connectivity index (χ2v) is 4.43. The summed E-state index contributed by atoms with van der Waals surface area (Å²) in [6.45, 7) is 0.657. The van der Waals surface area contributed by atoms with E-state index < -0.39 is 0 Å². The third-order valence-electron chi connectivity index (χ3n) is 2.65. The Bertz CT molecular complexity index is 467. The van der Waals surface area contributed by atoms with Crippen LogP contribution in [0.3, 0.4) is 0 Å². The van der Waals surface area contributed by atoms with Crippen LogP contribution in [0.2, 0.25) is 0 Å². The minimum atomic E-state index is -0.228. The van der Waals surface area contributed by atoms with Crippen LogP contribution in [0.5, 0.6) is 5.75 Å². The Morgan fingerprint density at radius 3 is 2.50 bits per heavy atom. The molecule has 1 aromatic carbocycles. The van der Waals surface area contributed by atoms with Crippen molar-refractivity contribution >= 4 is 17.9 Å². The molecule has 0 amide bonds. The number of hydrogen-bond donors (Lipinski definition) is 3. The zero-order chi connectivity index (χ0) is 14.8. The minimum Gasteiger partial charge on any atom is -0.427 e. The average Bonchev–Trinajstić information content (AvgIpc) is 2.43. The first-order valence-corrected chi connectivity index (χ1v) is 6.64. The lowest BCUT2D eigenvalue weighted by molar-refractivity contribution is -0.134. The smallest absolute Gasteiger partial charge is 0.311 e. The summed E-state index contributed by atoms with van der Waals surface area (Å²) in [6.07, 6.45) is 6.31. The first-order chi connectivity index (χ1) is 9.61. The first-order valence-electron chi connectivity index (χ1n) is 6.64. The Balaban J connectivity index is 2.41. The molecule has 0 bridgehead atoms. The summed E-state index contributed by atoms with van der Waals surface area (Å²) in [6, 6.07) is 7.04. The summed E-state index contributed by atoms with van der Waals surface area (Å²) in [5.74, 6) is 0.292. The van der Waals surface area contributed by atoms with Crippen LogP contribution in [0.4, 0.5) is 0 Å². The summed E-state index contributed by atoms with van der Waals surface area (Å²) in [5, 5.41) is 7.09. The summed E-state index contributed by atoms with van der Waals surface area (Å²) in [5.41, 5.74) is 11.5. The van der Waals surface area contributed by atoms with Crippen LogP contribution in [0, 0.1) is 5.41 Å². The number of carbonyl (C=O) groups is 1. The monoisotopic (exact) mass is 275 g/mol. The van der Waals surface area contributed by atoms with Crippen molar-refractivity contribution in [2.75, 3.05) is 6.54 Å². The van der Waals surface area contributed by atoms with Crippen LogP contribution in [-0.4, -0.2) is 18.3 Å². The SMILES string of the molecule is N=C(N)C=Cc1ccc(OC(=O)CCCCCN)cc1. The molecule has 0 saturated carbocycles. The number of ether oxygens (including phenoxy) is 1. The van der Waals surface area contributed by atoms with E-state index in [0.29, 0.717) is 18.7 Å². The molecule has 0 atom stereocenters. The maximum absolute atomic E-state index is 11.6. The molecule has 0 aliphatic heterocycles. The van der Waals surface area contributed by atoms with Gasteiger partial charge in [0.1, 0.15) is 11.6 Å². The van der Waals surface area contributed by atoms with Crippen molar-refractivity contribution in [3.63, 3.8) is 0 Å². The molecule has 20 heavy (non-hydrogen) atoms. The summed E-state index contributed by atoms with van der Waals surface area (Å²) >= 11 is 0. The van der Waals surface area contributed by atoms with Gasteiger partial charge in [0, 0.05) is 6.42 Å². The fourth-order valence-corrected chi connectivity index (χ4v) is 1.61. The molecule has 0 aromatic heterocycles. The number of hydrogen-bond acceptors (Lipinski definition) is 4. The van der Waals surface area contributed by atoms with E-state index in [-0.39, 0.29) is 11.8 Å². The lowest BCUT2D eigenvalue weighted by Crippen LogP contribution is -2.08. The van der Waals surface area contributed by atoms with Gasteiger partial charge in [-0.15, -0.1) is 0 Å². The minimum absolute atomic E-state index is 0.00187. The molecule has 1 rings (SSSR count). The Morgan fingerprint density at radius 2 is 1.90 bits per heavy atom. The predicted octanol–water partition coefficient (Wildman–Crippen LogP) is 2.06. The van der Waals surface area contributed by atoms with Gasteiger partial charge in [0.05, 0.1) is 0 Å². The molecule has 0 radical (unpaired) electrons. The van der Waals surface area contributed by atoms with Gasteiger partial charge in [0.25, 0.3) is 0 Å². The number of rotatable bonds is 8. The van der Waals surface area contributed by atoms with Gasteiger partial charge in [-0.1, -0.05) is 24.6 Å². The van der Waals surface area contributed by atoms with Crippen molar-refractivity contribution in [1.82, 2.24) is 0 Å². The highest BCUT2D eigenvalue weighted by Gasteiger charge is 2.04. The van der Waals surface area contributed by atoms with E-state index in [1.807, 2.05) is 0 Å². The van der Waals surface area contributed by atoms with Crippen LogP contribution in [0.25, 0.3) is 6.08 Å². The third kappa shape index (κ3) is 6.70. The number of nitrogens with one attached hydrogen (secondary N) is 1. The van der Waals surface area contributed by atoms with Gasteiger partial charge in [-0.2, -0.15) is 0 Å². The van der Waals surface area contributed by atoms with Crippen LogP contribution in [0.1, 0.15) is 31.2 Å². The number of unbranched alkanes of at least 4 members (excludes halogenated alkanes) is 2. The number of amidine groups is 1. The number of nitrogens with two attached hydrogens (primary N) is 2. The van der Waals surface area contributed by atoms with E-state index in [9.17, 15) is 4.79 Å². The zero-order valence-electron chi connectivity index (χ0n) is 11.5. The van der Waals surface area contributed by atoms with Gasteiger partial charge in [0.15, 0.2) is 0 Å². The lowest BCUT2D eigenvalue weighted by Gasteiger charge is -2.04. The van der Waals surface area contributed by atoms with Gasteiger partial charge in [-0.3, -0.25) is 10.2 Å². The molecule has 0 unspecified atom stereocenters. The first kappa shape index (κ1) is 15.9. The molecule has 0 fully saturated rings. The Morgan fingerprint density at radius 1 is 1.20 bits per heavy atom. The molecule has 0 aliphatic rings. The van der Waals surface area contributed by atoms with E-state index in [1.54, 1.807) is 30.3 Å². The lowest BCUT2D eigenvalue weighted by atomic mass is 10.2. The van der Waals surface area contributed by atoms with E-state index in [2.05, 4.69) is 0 Å². The summed E-state index contributed by atoms with van der Waals surface area (Å²) in [4.78, 5) is 11.6. The molecule has 5 heteroatoms. The van der Waals surface area contributed by atoms with E-state index in [0.717, 1.165) is 24.8 Å². The van der Waals surface area contributed by atoms with Crippen molar-refractivity contribution in [2.24, 2.45) is 11.5 Å². The van der Waals surface area contributed by atoms with E-state index in [4.69, 9.17) is 21.6 Å². The topological polar surface area (TPSA) is 102 Å². The second-order valence-electron chi connectivity index (χ2n) is 4.43. The summed E-state index contributed by atoms with van der Waals surface area (Å²) in [7, 11) is 0. The van der Waals surface area contributed by atoms with Gasteiger partial charge in [0.2, 0.25) is 0 Å². The van der Waals surface area contributed by atoms with Gasteiger partial charge >= 0.3 is 5.97 Å². The van der Waals surface area contributed by atoms with Crippen LogP contribution < -0.4 is 16.2 Å². The van der Waals surface area contributed by atoms with Gasteiger partial charge < -0.3 is 16.2 Å². The molecular formula is C15H21N3O2. The van der Waals surface area contributed by atoms with Gasteiger partial charge in [-0.25, -0.2) is 0 Å².